The molecule has 1 aromatic heterocycles. The molecular weight excluding hydrogens is 332 g/mol. The molecule has 0 bridgehead atoms. The fourth-order valence-electron chi connectivity index (χ4n) is 2.77. The van der Waals surface area contributed by atoms with Crippen molar-refractivity contribution in [1.29, 1.82) is 0 Å². The van der Waals surface area contributed by atoms with E-state index in [1.165, 1.54) is 6.08 Å². The Kier molecular flexibility index (Phi) is 5.80. The van der Waals surface area contributed by atoms with Crippen molar-refractivity contribution in [3.8, 4) is 0 Å². The molecule has 0 unspecified atom stereocenters. The maximum atomic E-state index is 12.4. The molecule has 2 heterocycles. The van der Waals surface area contributed by atoms with Crippen LogP contribution in [0.1, 0.15) is 28.8 Å². The van der Waals surface area contributed by atoms with Crippen molar-refractivity contribution in [3.63, 3.8) is 0 Å². The van der Waals surface area contributed by atoms with Gasteiger partial charge in [0, 0.05) is 38.0 Å². The molecule has 1 fully saturated rings. The lowest BCUT2D eigenvalue weighted by molar-refractivity contribution is -0.111. The number of rotatable bonds is 6. The highest BCUT2D eigenvalue weighted by Crippen LogP contribution is 2.16. The molecule has 0 saturated carbocycles. The highest BCUT2D eigenvalue weighted by molar-refractivity contribution is 6.07. The van der Waals surface area contributed by atoms with E-state index in [4.69, 9.17) is 4.74 Å². The second-order valence-corrected chi connectivity index (χ2v) is 6.16. The number of carbonyl (C=O) groups is 2. The van der Waals surface area contributed by atoms with Gasteiger partial charge in [-0.25, -0.2) is 0 Å². The normalized spacial score (nSPS) is 16.7. The third-order valence-electron chi connectivity index (χ3n) is 4.10. The standard InChI is InChI=1S/C19H22N4O3/c1-23-13-14(11-21-23)8-9-18(24)22-17-7-3-2-6-16(17)19(25)20-12-15-5-4-10-26-15/h2-3,6-9,11,13,15H,4-5,10,12H2,1H3,(H,20,25)(H,22,24)/b9-8+/t15-/m1/s1. The van der Waals surface area contributed by atoms with Crippen LogP contribution in [0, 0.1) is 0 Å². The van der Waals surface area contributed by atoms with Gasteiger partial charge in [0.05, 0.1) is 23.6 Å². The zero-order valence-corrected chi connectivity index (χ0v) is 14.6. The van der Waals surface area contributed by atoms with Gasteiger partial charge in [0.2, 0.25) is 5.91 Å². The van der Waals surface area contributed by atoms with Gasteiger partial charge in [0.1, 0.15) is 0 Å². The zero-order chi connectivity index (χ0) is 18.4. The highest BCUT2D eigenvalue weighted by atomic mass is 16.5. The fraction of sp³-hybridized carbons (Fsp3) is 0.316. The van der Waals surface area contributed by atoms with Crippen molar-refractivity contribution in [1.82, 2.24) is 15.1 Å². The first-order chi connectivity index (χ1) is 12.6. The molecule has 1 aliphatic heterocycles. The van der Waals surface area contributed by atoms with Gasteiger partial charge in [-0.05, 0) is 31.1 Å². The summed E-state index contributed by atoms with van der Waals surface area (Å²) in [7, 11) is 1.81. The summed E-state index contributed by atoms with van der Waals surface area (Å²) in [5.41, 5.74) is 1.72. The van der Waals surface area contributed by atoms with Gasteiger partial charge >= 0.3 is 0 Å². The molecule has 0 radical (unpaired) electrons. The molecule has 2 N–H and O–H groups in total. The molecule has 2 aromatic rings. The number of nitrogens with one attached hydrogen (secondary N) is 2. The Morgan fingerprint density at radius 2 is 2.23 bits per heavy atom. The first-order valence-electron chi connectivity index (χ1n) is 8.58. The third kappa shape index (κ3) is 4.80. The minimum Gasteiger partial charge on any atom is -0.376 e. The van der Waals surface area contributed by atoms with Crippen LogP contribution in [-0.2, 0) is 16.6 Å². The fourth-order valence-corrected chi connectivity index (χ4v) is 2.77. The van der Waals surface area contributed by atoms with Crippen LogP contribution in [-0.4, -0.2) is 40.9 Å². The first-order valence-corrected chi connectivity index (χ1v) is 8.58. The Labute approximate surface area is 152 Å². The van der Waals surface area contributed by atoms with Gasteiger partial charge in [0.15, 0.2) is 0 Å². The molecule has 2 amide bonds. The average Bonchev–Trinajstić information content (AvgIpc) is 3.30. The van der Waals surface area contributed by atoms with E-state index in [0.29, 0.717) is 17.8 Å². The lowest BCUT2D eigenvalue weighted by Gasteiger charge is -2.13. The number of anilines is 1. The van der Waals surface area contributed by atoms with E-state index in [-0.39, 0.29) is 17.9 Å². The monoisotopic (exact) mass is 354 g/mol. The molecule has 1 aliphatic rings. The second-order valence-electron chi connectivity index (χ2n) is 6.16. The molecule has 3 rings (SSSR count). The van der Waals surface area contributed by atoms with E-state index >= 15 is 0 Å². The number of para-hydroxylation sites is 1. The SMILES string of the molecule is Cn1cc(/C=C/C(=O)Nc2ccccc2C(=O)NC[C@H]2CCCO2)cn1. The molecule has 26 heavy (non-hydrogen) atoms. The van der Waals surface area contributed by atoms with E-state index in [9.17, 15) is 9.59 Å². The highest BCUT2D eigenvalue weighted by Gasteiger charge is 2.18. The largest absolute Gasteiger partial charge is 0.376 e. The van der Waals surface area contributed by atoms with Crippen LogP contribution in [0.5, 0.6) is 0 Å². The van der Waals surface area contributed by atoms with E-state index in [2.05, 4.69) is 15.7 Å². The van der Waals surface area contributed by atoms with Crippen LogP contribution >= 0.6 is 0 Å². The summed E-state index contributed by atoms with van der Waals surface area (Å²) in [5.74, 6) is -0.541. The molecule has 1 saturated heterocycles. The molecule has 0 spiro atoms. The summed E-state index contributed by atoms with van der Waals surface area (Å²) in [4.78, 5) is 24.6. The summed E-state index contributed by atoms with van der Waals surface area (Å²) in [5, 5.41) is 9.66. The van der Waals surface area contributed by atoms with Crippen LogP contribution < -0.4 is 10.6 Å². The summed E-state index contributed by atoms with van der Waals surface area (Å²) in [6.07, 6.45) is 8.60. The lowest BCUT2D eigenvalue weighted by Crippen LogP contribution is -2.32. The van der Waals surface area contributed by atoms with E-state index < -0.39 is 0 Å². The molecule has 0 aliphatic carbocycles. The topological polar surface area (TPSA) is 85.2 Å². The van der Waals surface area contributed by atoms with Gasteiger partial charge in [-0.2, -0.15) is 5.10 Å². The molecular formula is C19H22N4O3. The lowest BCUT2D eigenvalue weighted by atomic mass is 10.1. The average molecular weight is 354 g/mol. The Balaban J connectivity index is 1.61. The number of aromatic nitrogens is 2. The van der Waals surface area contributed by atoms with E-state index in [1.54, 1.807) is 47.4 Å². The molecule has 136 valence electrons. The quantitative estimate of drug-likeness (QED) is 0.777. The molecule has 7 nitrogen and oxygen atoms in total. The Hall–Kier alpha value is -2.93. The van der Waals surface area contributed by atoms with Crippen LogP contribution in [0.3, 0.4) is 0 Å². The number of amides is 2. The number of benzene rings is 1. The predicted molar refractivity (Wildman–Crippen MR) is 98.6 cm³/mol. The van der Waals surface area contributed by atoms with E-state index in [0.717, 1.165) is 25.0 Å². The van der Waals surface area contributed by atoms with Crippen molar-refractivity contribution >= 4 is 23.6 Å². The van der Waals surface area contributed by atoms with Crippen molar-refractivity contribution in [2.24, 2.45) is 7.05 Å². The Bertz CT molecular complexity index is 807. The summed E-state index contributed by atoms with van der Waals surface area (Å²) in [6.45, 7) is 1.22. The van der Waals surface area contributed by atoms with Crippen LogP contribution in [0.2, 0.25) is 0 Å². The minimum atomic E-state index is -0.312. The number of ether oxygens (including phenoxy) is 1. The van der Waals surface area contributed by atoms with E-state index in [1.807, 2.05) is 7.05 Å². The summed E-state index contributed by atoms with van der Waals surface area (Å²) in [6, 6.07) is 6.93. The number of nitrogens with zero attached hydrogens (tertiary/aromatic N) is 2. The van der Waals surface area contributed by atoms with Crippen molar-refractivity contribution in [2.45, 2.75) is 18.9 Å². The van der Waals surface area contributed by atoms with Gasteiger partial charge in [-0.1, -0.05) is 12.1 Å². The number of aryl methyl sites for hydroxylation is 1. The smallest absolute Gasteiger partial charge is 0.253 e. The first kappa shape index (κ1) is 17.9. The van der Waals surface area contributed by atoms with Gasteiger partial charge in [-0.15, -0.1) is 0 Å². The second kappa shape index (κ2) is 8.44. The van der Waals surface area contributed by atoms with Crippen LogP contribution in [0.15, 0.2) is 42.7 Å². The van der Waals surface area contributed by atoms with Gasteiger partial charge in [0.25, 0.3) is 5.91 Å². The van der Waals surface area contributed by atoms with Crippen molar-refractivity contribution in [3.05, 3.63) is 53.9 Å². The minimum absolute atomic E-state index is 0.0723. The number of carbonyl (C=O) groups excluding carboxylic acids is 2. The number of hydrogen-bond acceptors (Lipinski definition) is 4. The van der Waals surface area contributed by atoms with Crippen LogP contribution in [0.4, 0.5) is 5.69 Å². The maximum Gasteiger partial charge on any atom is 0.253 e. The Morgan fingerprint density at radius 3 is 2.96 bits per heavy atom. The van der Waals surface area contributed by atoms with Crippen LogP contribution in [0.25, 0.3) is 6.08 Å². The molecule has 7 heteroatoms. The van der Waals surface area contributed by atoms with Gasteiger partial charge in [-0.3, -0.25) is 14.3 Å². The Morgan fingerprint density at radius 1 is 1.38 bits per heavy atom. The number of hydrogen-bond donors (Lipinski definition) is 2. The summed E-state index contributed by atoms with van der Waals surface area (Å²) < 4.78 is 7.17. The van der Waals surface area contributed by atoms with Gasteiger partial charge < -0.3 is 15.4 Å². The summed E-state index contributed by atoms with van der Waals surface area (Å²) >= 11 is 0. The predicted octanol–water partition coefficient (Wildman–Crippen LogP) is 1.98. The van der Waals surface area contributed by atoms with Crippen molar-refractivity contribution in [2.75, 3.05) is 18.5 Å². The maximum absolute atomic E-state index is 12.4. The third-order valence-corrected chi connectivity index (χ3v) is 4.10. The molecule has 1 aromatic carbocycles. The van der Waals surface area contributed by atoms with Crippen molar-refractivity contribution < 1.29 is 14.3 Å². The zero-order valence-electron chi connectivity index (χ0n) is 14.6. The molecule has 1 atom stereocenters.